The number of carbonyl (C=O) groups excluding carboxylic acids is 1. The molecular weight excluding hydrogens is 258 g/mol. The molecule has 0 spiro atoms. The molecule has 2 aromatic rings. The average molecular weight is 275 g/mol. The van der Waals surface area contributed by atoms with Gasteiger partial charge in [0.05, 0.1) is 19.9 Å². The van der Waals surface area contributed by atoms with Crippen LogP contribution in [0.15, 0.2) is 30.6 Å². The van der Waals surface area contributed by atoms with Crippen LogP contribution >= 0.6 is 0 Å². The summed E-state index contributed by atoms with van der Waals surface area (Å²) in [7, 11) is 3.34. The first-order valence-corrected chi connectivity index (χ1v) is 6.18. The van der Waals surface area contributed by atoms with Gasteiger partial charge in [0.25, 0.3) is 0 Å². The standard InChI is InChI=1S/C14H17N3O3/c1-17-9-10(8-16-17)5-6-20-14(18)12-7-11(15)3-4-13(12)19-2/h3-4,7-9H,5-6,15H2,1-2H3. The van der Waals surface area contributed by atoms with Crippen molar-refractivity contribution < 1.29 is 14.3 Å². The minimum Gasteiger partial charge on any atom is -0.496 e. The van der Waals surface area contributed by atoms with Gasteiger partial charge in [-0.15, -0.1) is 0 Å². The van der Waals surface area contributed by atoms with Crippen molar-refractivity contribution in [1.29, 1.82) is 0 Å². The summed E-state index contributed by atoms with van der Waals surface area (Å²) in [5.41, 5.74) is 7.50. The highest BCUT2D eigenvalue weighted by Crippen LogP contribution is 2.21. The summed E-state index contributed by atoms with van der Waals surface area (Å²) < 4.78 is 12.1. The van der Waals surface area contributed by atoms with Gasteiger partial charge in [-0.25, -0.2) is 4.79 Å². The van der Waals surface area contributed by atoms with Crippen molar-refractivity contribution in [2.45, 2.75) is 6.42 Å². The summed E-state index contributed by atoms with van der Waals surface area (Å²) in [6, 6.07) is 4.86. The summed E-state index contributed by atoms with van der Waals surface area (Å²) in [6.45, 7) is 0.280. The van der Waals surface area contributed by atoms with Crippen LogP contribution < -0.4 is 10.5 Å². The Labute approximate surface area is 117 Å². The topological polar surface area (TPSA) is 79.4 Å². The van der Waals surface area contributed by atoms with Crippen LogP contribution in [0.5, 0.6) is 5.75 Å². The van der Waals surface area contributed by atoms with E-state index in [0.29, 0.717) is 23.4 Å². The molecule has 0 aliphatic rings. The van der Waals surface area contributed by atoms with Crippen molar-refractivity contribution >= 4 is 11.7 Å². The Morgan fingerprint density at radius 3 is 2.90 bits per heavy atom. The Hall–Kier alpha value is -2.50. The van der Waals surface area contributed by atoms with Gasteiger partial charge in [0.15, 0.2) is 0 Å². The third-order valence-electron chi connectivity index (χ3n) is 2.83. The number of nitrogens with two attached hydrogens (primary N) is 1. The first-order valence-electron chi connectivity index (χ1n) is 6.18. The number of nitrogen functional groups attached to an aromatic ring is 1. The monoisotopic (exact) mass is 275 g/mol. The largest absolute Gasteiger partial charge is 0.496 e. The molecule has 0 amide bonds. The van der Waals surface area contributed by atoms with E-state index in [9.17, 15) is 4.79 Å². The number of rotatable bonds is 5. The van der Waals surface area contributed by atoms with Crippen LogP contribution in [0.1, 0.15) is 15.9 Å². The van der Waals surface area contributed by atoms with Gasteiger partial charge >= 0.3 is 5.97 Å². The third kappa shape index (κ3) is 3.28. The molecule has 0 bridgehead atoms. The van der Waals surface area contributed by atoms with Crippen LogP contribution in [0.2, 0.25) is 0 Å². The van der Waals surface area contributed by atoms with Gasteiger partial charge in [0.1, 0.15) is 11.3 Å². The fourth-order valence-corrected chi connectivity index (χ4v) is 1.83. The van der Waals surface area contributed by atoms with E-state index in [0.717, 1.165) is 5.56 Å². The van der Waals surface area contributed by atoms with Crippen molar-refractivity contribution in [2.24, 2.45) is 7.05 Å². The predicted molar refractivity (Wildman–Crippen MR) is 74.6 cm³/mol. The lowest BCUT2D eigenvalue weighted by Gasteiger charge is -2.09. The molecule has 2 rings (SSSR count). The molecule has 0 atom stereocenters. The van der Waals surface area contributed by atoms with Crippen LogP contribution in [0.25, 0.3) is 0 Å². The molecule has 1 heterocycles. The second-order valence-electron chi connectivity index (χ2n) is 4.37. The summed E-state index contributed by atoms with van der Waals surface area (Å²) in [5.74, 6) is 0.00335. The van der Waals surface area contributed by atoms with E-state index in [2.05, 4.69) is 5.10 Å². The molecule has 1 aromatic heterocycles. The van der Waals surface area contributed by atoms with E-state index >= 15 is 0 Å². The summed E-state index contributed by atoms with van der Waals surface area (Å²) in [4.78, 5) is 12.0. The number of nitrogens with zero attached hydrogens (tertiary/aromatic N) is 2. The Morgan fingerprint density at radius 1 is 1.45 bits per heavy atom. The van der Waals surface area contributed by atoms with Crippen LogP contribution in [-0.4, -0.2) is 29.5 Å². The number of aromatic nitrogens is 2. The van der Waals surface area contributed by atoms with Gasteiger partial charge in [-0.2, -0.15) is 5.10 Å². The molecule has 0 saturated heterocycles. The molecule has 1 aromatic carbocycles. The highest BCUT2D eigenvalue weighted by atomic mass is 16.5. The van der Waals surface area contributed by atoms with E-state index in [1.807, 2.05) is 13.2 Å². The molecule has 0 fully saturated rings. The Bertz CT molecular complexity index is 607. The second kappa shape index (κ2) is 6.10. The zero-order chi connectivity index (χ0) is 14.5. The van der Waals surface area contributed by atoms with Crippen LogP contribution in [0, 0.1) is 0 Å². The molecule has 20 heavy (non-hydrogen) atoms. The number of ether oxygens (including phenoxy) is 2. The molecular formula is C14H17N3O3. The van der Waals surface area contributed by atoms with Crippen molar-refractivity contribution in [3.8, 4) is 5.75 Å². The Balaban J connectivity index is 1.96. The molecule has 6 nitrogen and oxygen atoms in total. The normalized spacial score (nSPS) is 10.3. The molecule has 6 heteroatoms. The molecule has 0 aliphatic heterocycles. The highest BCUT2D eigenvalue weighted by Gasteiger charge is 2.14. The third-order valence-corrected chi connectivity index (χ3v) is 2.83. The van der Waals surface area contributed by atoms with Crippen molar-refractivity contribution in [3.63, 3.8) is 0 Å². The maximum absolute atomic E-state index is 12.0. The first-order chi connectivity index (χ1) is 9.60. The van der Waals surface area contributed by atoms with E-state index in [1.54, 1.807) is 29.1 Å². The van der Waals surface area contributed by atoms with Gasteiger partial charge in [-0.05, 0) is 23.8 Å². The van der Waals surface area contributed by atoms with E-state index < -0.39 is 5.97 Å². The molecule has 2 N–H and O–H groups in total. The van der Waals surface area contributed by atoms with Gasteiger partial charge < -0.3 is 15.2 Å². The fraction of sp³-hybridized carbons (Fsp3) is 0.286. The smallest absolute Gasteiger partial charge is 0.342 e. The Kier molecular flexibility index (Phi) is 4.24. The molecule has 106 valence electrons. The number of benzene rings is 1. The summed E-state index contributed by atoms with van der Waals surface area (Å²) in [6.07, 6.45) is 4.24. The van der Waals surface area contributed by atoms with Gasteiger partial charge in [-0.1, -0.05) is 0 Å². The van der Waals surface area contributed by atoms with Crippen molar-refractivity contribution in [3.05, 3.63) is 41.7 Å². The quantitative estimate of drug-likeness (QED) is 0.659. The number of anilines is 1. The van der Waals surface area contributed by atoms with Crippen LogP contribution in [0.3, 0.4) is 0 Å². The highest BCUT2D eigenvalue weighted by molar-refractivity contribution is 5.93. The molecule has 0 unspecified atom stereocenters. The lowest BCUT2D eigenvalue weighted by Crippen LogP contribution is -2.10. The minimum atomic E-state index is -0.446. The van der Waals surface area contributed by atoms with Gasteiger partial charge in [-0.3, -0.25) is 4.68 Å². The van der Waals surface area contributed by atoms with E-state index in [4.69, 9.17) is 15.2 Å². The molecule has 0 aliphatic carbocycles. The fourth-order valence-electron chi connectivity index (χ4n) is 1.83. The van der Waals surface area contributed by atoms with E-state index in [1.165, 1.54) is 7.11 Å². The maximum Gasteiger partial charge on any atom is 0.342 e. The number of hydrogen-bond acceptors (Lipinski definition) is 5. The van der Waals surface area contributed by atoms with Crippen molar-refractivity contribution in [1.82, 2.24) is 9.78 Å². The summed E-state index contributed by atoms with van der Waals surface area (Å²) >= 11 is 0. The first kappa shape index (κ1) is 13.9. The Morgan fingerprint density at radius 2 is 2.25 bits per heavy atom. The number of aryl methyl sites for hydroxylation is 1. The summed E-state index contributed by atoms with van der Waals surface area (Å²) in [5, 5.41) is 4.05. The molecule has 0 radical (unpaired) electrons. The van der Waals surface area contributed by atoms with E-state index in [-0.39, 0.29) is 6.61 Å². The second-order valence-corrected chi connectivity index (χ2v) is 4.37. The van der Waals surface area contributed by atoms with Gasteiger partial charge in [0.2, 0.25) is 0 Å². The zero-order valence-electron chi connectivity index (χ0n) is 11.5. The lowest BCUT2D eigenvalue weighted by molar-refractivity contribution is 0.0505. The van der Waals surface area contributed by atoms with Crippen molar-refractivity contribution in [2.75, 3.05) is 19.5 Å². The lowest BCUT2D eigenvalue weighted by atomic mass is 10.2. The number of hydrogen-bond donors (Lipinski definition) is 1. The zero-order valence-corrected chi connectivity index (χ0v) is 11.5. The predicted octanol–water partition coefficient (Wildman–Crippen LogP) is 1.41. The SMILES string of the molecule is COc1ccc(N)cc1C(=O)OCCc1cnn(C)c1. The van der Waals surface area contributed by atoms with Gasteiger partial charge in [0, 0.05) is 25.4 Å². The number of carbonyl (C=O) groups is 1. The average Bonchev–Trinajstić information content (AvgIpc) is 2.84. The number of esters is 1. The maximum atomic E-state index is 12.0. The molecule has 0 saturated carbocycles. The minimum absolute atomic E-state index is 0.280. The van der Waals surface area contributed by atoms with Crippen LogP contribution in [-0.2, 0) is 18.2 Å². The number of methoxy groups -OCH3 is 1. The van der Waals surface area contributed by atoms with Crippen LogP contribution in [0.4, 0.5) is 5.69 Å².